The largest absolute Gasteiger partial charge is 0.510 e. The lowest BCUT2D eigenvalue weighted by atomic mass is 9.56. The van der Waals surface area contributed by atoms with Gasteiger partial charge in [0.05, 0.1) is 29.3 Å². The average molecular weight is 544 g/mol. The molecule has 3 aliphatic carbocycles. The van der Waals surface area contributed by atoms with Crippen LogP contribution in [0.3, 0.4) is 0 Å². The highest BCUT2D eigenvalue weighted by molar-refractivity contribution is 6.28. The number of carbonyl (C=O) groups excluding carboxylic acids is 4. The first-order valence-corrected chi connectivity index (χ1v) is 12.4. The quantitative estimate of drug-likeness (QED) is 0.185. The number of hydrogen-bond donors (Lipinski definition) is 6. The van der Waals surface area contributed by atoms with E-state index in [0.29, 0.717) is 5.56 Å². The number of aliphatic hydroxyl groups is 3. The zero-order valence-electron chi connectivity index (χ0n) is 22.5. The number of nitrogens with one attached hydrogen (secondary N) is 1. The van der Waals surface area contributed by atoms with Crippen molar-refractivity contribution in [1.29, 1.82) is 0 Å². The van der Waals surface area contributed by atoms with E-state index in [9.17, 15) is 39.6 Å². The summed E-state index contributed by atoms with van der Waals surface area (Å²) in [5.74, 6) is -9.34. The number of fused-ring (bicyclic) bond motifs is 3. The molecule has 3 unspecified atom stereocenters. The van der Waals surface area contributed by atoms with E-state index in [0.717, 1.165) is 0 Å². The highest BCUT2D eigenvalue weighted by Crippen LogP contribution is 2.55. The first-order valence-electron chi connectivity index (χ1n) is 12.4. The number of Topliss-reactive ketones (excluding diaryl/α,β-unsaturated/α-hetero) is 2. The number of nitrogens with two attached hydrogens (primary N) is 1. The maximum Gasteiger partial charge on any atom is 0.412 e. The van der Waals surface area contributed by atoms with E-state index in [-0.39, 0.29) is 16.8 Å². The van der Waals surface area contributed by atoms with Gasteiger partial charge in [-0.15, -0.1) is 0 Å². The van der Waals surface area contributed by atoms with Crippen LogP contribution in [-0.4, -0.2) is 80.7 Å². The summed E-state index contributed by atoms with van der Waals surface area (Å²) in [7, 11) is 3.12. The Kier molecular flexibility index (Phi) is 6.76. The van der Waals surface area contributed by atoms with Crippen molar-refractivity contribution in [3.63, 3.8) is 0 Å². The van der Waals surface area contributed by atoms with Gasteiger partial charge in [-0.1, -0.05) is 13.0 Å². The van der Waals surface area contributed by atoms with Crippen molar-refractivity contribution in [2.75, 3.05) is 19.4 Å². The second-order valence-corrected chi connectivity index (χ2v) is 11.4. The zero-order chi connectivity index (χ0) is 29.3. The van der Waals surface area contributed by atoms with Crippen LogP contribution in [0.25, 0.3) is 5.76 Å². The van der Waals surface area contributed by atoms with Crippen molar-refractivity contribution >= 4 is 35.0 Å². The lowest BCUT2D eigenvalue weighted by molar-refractivity contribution is -0.143. The van der Waals surface area contributed by atoms with Gasteiger partial charge in [-0.25, -0.2) is 4.79 Å². The van der Waals surface area contributed by atoms with Gasteiger partial charge in [0.15, 0.2) is 11.6 Å². The van der Waals surface area contributed by atoms with Crippen LogP contribution in [0.1, 0.15) is 44.7 Å². The number of rotatable bonds is 3. The summed E-state index contributed by atoms with van der Waals surface area (Å²) in [6, 6.07) is 1.87. The second kappa shape index (κ2) is 9.38. The third-order valence-corrected chi connectivity index (χ3v) is 7.63. The summed E-state index contributed by atoms with van der Waals surface area (Å²) in [4.78, 5) is 53.1. The standard InChI is InChI=1S/C27H33N3O9/c1-9-10-7-8-11(29-26(38)39-27(2,3)4)19(31)13(10)21(33)15-12(9)20(32)14-16(22(15)34)23(35)17(25(28)37)24(36)18(14)30(5)6/h7-9,12,14,16,18,20,31-33,36H,1-6H3,(H2,28,37)(H,29,38)/t9-,12?,14?,16?,18-,20-/m0/s1. The van der Waals surface area contributed by atoms with Crippen LogP contribution in [0.4, 0.5) is 10.5 Å². The molecule has 0 saturated heterocycles. The van der Waals surface area contributed by atoms with Crippen LogP contribution in [0.15, 0.2) is 29.0 Å². The molecule has 1 saturated carbocycles. The Balaban J connectivity index is 1.87. The van der Waals surface area contributed by atoms with Gasteiger partial charge in [-0.3, -0.25) is 24.6 Å². The normalized spacial score (nSPS) is 28.6. The minimum atomic E-state index is -1.61. The van der Waals surface area contributed by atoms with Crippen molar-refractivity contribution in [1.82, 2.24) is 4.90 Å². The fraction of sp³-hybridized carbons (Fsp3) is 0.481. The van der Waals surface area contributed by atoms with Crippen molar-refractivity contribution < 1.29 is 44.3 Å². The van der Waals surface area contributed by atoms with E-state index >= 15 is 0 Å². The number of aliphatic hydroxyl groups excluding tert-OH is 3. The predicted octanol–water partition coefficient (Wildman–Crippen LogP) is 1.73. The number of primary amides is 1. The minimum Gasteiger partial charge on any atom is -0.510 e. The Morgan fingerprint density at radius 2 is 1.69 bits per heavy atom. The van der Waals surface area contributed by atoms with Gasteiger partial charge in [-0.05, 0) is 52.4 Å². The number of carbonyl (C=O) groups is 4. The lowest BCUT2D eigenvalue weighted by Crippen LogP contribution is -2.61. The van der Waals surface area contributed by atoms with Crippen molar-refractivity contribution in [2.24, 2.45) is 23.5 Å². The molecule has 0 spiro atoms. The van der Waals surface area contributed by atoms with Gasteiger partial charge in [0.1, 0.15) is 28.4 Å². The number of anilines is 1. The van der Waals surface area contributed by atoms with E-state index in [4.69, 9.17) is 10.5 Å². The molecule has 1 aromatic rings. The summed E-state index contributed by atoms with van der Waals surface area (Å²) < 4.78 is 5.22. The molecule has 4 rings (SSSR count). The van der Waals surface area contributed by atoms with Gasteiger partial charge < -0.3 is 30.9 Å². The molecule has 6 atom stereocenters. The van der Waals surface area contributed by atoms with Crippen molar-refractivity contribution in [2.45, 2.75) is 51.4 Å². The summed E-state index contributed by atoms with van der Waals surface area (Å²) in [5.41, 5.74) is 3.69. The zero-order valence-corrected chi connectivity index (χ0v) is 22.5. The topological polar surface area (TPSA) is 200 Å². The third kappa shape index (κ3) is 4.33. The number of hydrogen-bond acceptors (Lipinski definition) is 10. The number of ketones is 2. The van der Waals surface area contributed by atoms with Crippen LogP contribution in [0.5, 0.6) is 5.75 Å². The van der Waals surface area contributed by atoms with Crippen LogP contribution in [0, 0.1) is 17.8 Å². The number of aromatic hydroxyl groups is 1. The maximum absolute atomic E-state index is 13.9. The number of likely N-dealkylation sites (N-methyl/N-ethyl adjacent to an activating group) is 1. The monoisotopic (exact) mass is 543 g/mol. The minimum absolute atomic E-state index is 0.0900. The fourth-order valence-electron chi connectivity index (χ4n) is 6.12. The number of benzene rings is 1. The van der Waals surface area contributed by atoms with Crippen LogP contribution < -0.4 is 11.1 Å². The van der Waals surface area contributed by atoms with Gasteiger partial charge in [0, 0.05) is 17.4 Å². The van der Waals surface area contributed by atoms with Gasteiger partial charge >= 0.3 is 6.09 Å². The van der Waals surface area contributed by atoms with Crippen LogP contribution >= 0.6 is 0 Å². The Labute approximate surface area is 224 Å². The van der Waals surface area contributed by atoms with E-state index in [1.54, 1.807) is 47.9 Å². The smallest absolute Gasteiger partial charge is 0.412 e. The molecule has 1 fully saturated rings. The lowest BCUT2D eigenvalue weighted by Gasteiger charge is -2.50. The molecule has 39 heavy (non-hydrogen) atoms. The molecule has 1 aromatic carbocycles. The molecule has 3 aliphatic rings. The number of phenols is 1. The van der Waals surface area contributed by atoms with Crippen LogP contribution in [-0.2, 0) is 19.1 Å². The van der Waals surface area contributed by atoms with Gasteiger partial charge in [-0.2, -0.15) is 0 Å². The van der Waals surface area contributed by atoms with Crippen molar-refractivity contribution in [3.8, 4) is 5.75 Å². The highest BCUT2D eigenvalue weighted by atomic mass is 16.6. The third-order valence-electron chi connectivity index (χ3n) is 7.63. The van der Waals surface area contributed by atoms with Gasteiger partial charge in [0.25, 0.3) is 5.91 Å². The molecule has 12 heteroatoms. The molecule has 7 N–H and O–H groups in total. The summed E-state index contributed by atoms with van der Waals surface area (Å²) >= 11 is 0. The highest BCUT2D eigenvalue weighted by Gasteiger charge is 2.60. The molecule has 0 heterocycles. The molecule has 12 nitrogen and oxygen atoms in total. The van der Waals surface area contributed by atoms with E-state index in [1.165, 1.54) is 11.0 Å². The Hall–Kier alpha value is -3.90. The van der Waals surface area contributed by atoms with E-state index in [2.05, 4.69) is 5.32 Å². The SMILES string of the molecule is C[C@H]1c2ccc(NC(=O)OC(C)(C)C)c(O)c2C(O)=C2C(=O)C3C(=O)C(C(N)=O)=C(O)[C@@H](N(C)C)C3[C@@H](O)C21. The molecular formula is C27H33N3O9. The molecular weight excluding hydrogens is 510 g/mol. The van der Waals surface area contributed by atoms with E-state index < -0.39 is 87.8 Å². The summed E-state index contributed by atoms with van der Waals surface area (Å²) in [6.07, 6.45) is -2.27. The molecule has 0 aromatic heterocycles. The first kappa shape index (κ1) is 28.1. The maximum atomic E-state index is 13.9. The Morgan fingerprint density at radius 3 is 2.23 bits per heavy atom. The molecule has 2 amide bonds. The predicted molar refractivity (Wildman–Crippen MR) is 139 cm³/mol. The second-order valence-electron chi connectivity index (χ2n) is 11.4. The van der Waals surface area contributed by atoms with Crippen LogP contribution in [0.2, 0.25) is 0 Å². The molecule has 0 bridgehead atoms. The number of phenolic OH excluding ortho intramolecular Hbond substituents is 1. The first-order chi connectivity index (χ1) is 18.0. The Morgan fingerprint density at radius 1 is 1.08 bits per heavy atom. The number of amides is 2. The van der Waals surface area contributed by atoms with E-state index in [1.807, 2.05) is 0 Å². The number of ether oxygens (including phenoxy) is 1. The molecule has 0 aliphatic heterocycles. The van der Waals surface area contributed by atoms with Crippen molar-refractivity contribution in [3.05, 3.63) is 40.2 Å². The number of nitrogens with zero attached hydrogens (tertiary/aromatic N) is 1. The van der Waals surface area contributed by atoms with Gasteiger partial charge in [0.2, 0.25) is 0 Å². The summed E-state index contributed by atoms with van der Waals surface area (Å²) in [5, 5.41) is 47.2. The Bertz CT molecular complexity index is 1350. The summed E-state index contributed by atoms with van der Waals surface area (Å²) in [6.45, 7) is 6.68. The molecule has 210 valence electrons. The average Bonchev–Trinajstić information content (AvgIpc) is 2.78. The fourth-order valence-corrected chi connectivity index (χ4v) is 6.12. The molecule has 0 radical (unpaired) electrons.